The summed E-state index contributed by atoms with van der Waals surface area (Å²) in [5.41, 5.74) is 2.75. The molecular weight excluding hydrogens is 346 g/mol. The fourth-order valence-corrected chi connectivity index (χ4v) is 2.69. The first kappa shape index (κ1) is 13.2. The average Bonchev–Trinajstić information content (AvgIpc) is 3.10. The zero-order valence-corrected chi connectivity index (χ0v) is 13.3. The first-order valence-corrected chi connectivity index (χ1v) is 7.53. The predicted molar refractivity (Wildman–Crippen MR) is 85.7 cm³/mol. The van der Waals surface area contributed by atoms with E-state index in [1.54, 1.807) is 4.52 Å². The van der Waals surface area contributed by atoms with E-state index in [0.717, 1.165) is 27.3 Å². The van der Waals surface area contributed by atoms with Crippen LogP contribution in [0, 0.1) is 6.92 Å². The van der Waals surface area contributed by atoms with Crippen LogP contribution in [0.5, 0.6) is 0 Å². The van der Waals surface area contributed by atoms with Crippen molar-refractivity contribution in [2.75, 3.05) is 5.32 Å². The van der Waals surface area contributed by atoms with Gasteiger partial charge in [0, 0.05) is 28.6 Å². The van der Waals surface area contributed by atoms with Gasteiger partial charge in [0.15, 0.2) is 0 Å². The number of imidazole rings is 1. The highest BCUT2D eigenvalue weighted by Gasteiger charge is 2.07. The summed E-state index contributed by atoms with van der Waals surface area (Å²) in [5.74, 6) is 1.43. The molecule has 0 aliphatic rings. The van der Waals surface area contributed by atoms with E-state index < -0.39 is 0 Å². The van der Waals surface area contributed by atoms with Gasteiger partial charge >= 0.3 is 0 Å². The lowest BCUT2D eigenvalue weighted by Gasteiger charge is -2.06. The van der Waals surface area contributed by atoms with Gasteiger partial charge in [0.25, 0.3) is 5.78 Å². The highest BCUT2D eigenvalue weighted by molar-refractivity contribution is 9.10. The minimum Gasteiger partial charge on any atom is -0.364 e. The number of fused-ring (bicyclic) bond motifs is 2. The third-order valence-corrected chi connectivity index (χ3v) is 3.76. The second-order valence-electron chi connectivity index (χ2n) is 4.95. The summed E-state index contributed by atoms with van der Waals surface area (Å²) in [6, 6.07) is 5.89. The standard InChI is InChI=1S/C14H12BrN7/c1-9-4-13(22-14(19-9)17-8-18-22)16-5-11-7-21-6-10(15)2-3-12(21)20-11/h2-4,6-8,16H,5H2,1H3. The number of rotatable bonds is 3. The van der Waals surface area contributed by atoms with Gasteiger partial charge in [-0.1, -0.05) is 0 Å². The Hall–Kier alpha value is -2.48. The Morgan fingerprint density at radius 3 is 3.05 bits per heavy atom. The normalized spacial score (nSPS) is 11.4. The summed E-state index contributed by atoms with van der Waals surface area (Å²) >= 11 is 3.46. The molecule has 0 saturated heterocycles. The van der Waals surface area contributed by atoms with Crippen molar-refractivity contribution < 1.29 is 0 Å². The quantitative estimate of drug-likeness (QED) is 0.609. The number of anilines is 1. The highest BCUT2D eigenvalue weighted by Crippen LogP contribution is 2.14. The lowest BCUT2D eigenvalue weighted by Crippen LogP contribution is -2.07. The molecule has 0 fully saturated rings. The van der Waals surface area contributed by atoms with Gasteiger partial charge in [-0.3, -0.25) is 0 Å². The monoisotopic (exact) mass is 357 g/mol. The molecule has 0 unspecified atom stereocenters. The van der Waals surface area contributed by atoms with Gasteiger partial charge in [0.1, 0.15) is 17.8 Å². The molecule has 0 aliphatic heterocycles. The van der Waals surface area contributed by atoms with Crippen molar-refractivity contribution in [1.82, 2.24) is 29.0 Å². The average molecular weight is 358 g/mol. The Kier molecular flexibility index (Phi) is 3.04. The first-order chi connectivity index (χ1) is 10.7. The van der Waals surface area contributed by atoms with Gasteiger partial charge in [0.2, 0.25) is 0 Å². The molecule has 4 aromatic heterocycles. The smallest absolute Gasteiger partial charge is 0.254 e. The summed E-state index contributed by atoms with van der Waals surface area (Å²) in [4.78, 5) is 13.0. The maximum atomic E-state index is 4.58. The van der Waals surface area contributed by atoms with Crippen LogP contribution in [0.25, 0.3) is 11.4 Å². The van der Waals surface area contributed by atoms with E-state index in [0.29, 0.717) is 12.3 Å². The summed E-state index contributed by atoms with van der Waals surface area (Å²) in [5, 5.41) is 7.51. The molecule has 4 aromatic rings. The molecule has 0 radical (unpaired) electrons. The molecule has 0 bridgehead atoms. The van der Waals surface area contributed by atoms with Crippen molar-refractivity contribution >= 4 is 33.2 Å². The Morgan fingerprint density at radius 1 is 1.23 bits per heavy atom. The van der Waals surface area contributed by atoms with E-state index in [1.165, 1.54) is 6.33 Å². The minimum absolute atomic E-state index is 0.585. The van der Waals surface area contributed by atoms with Crippen LogP contribution in [-0.2, 0) is 6.54 Å². The summed E-state index contributed by atoms with van der Waals surface area (Å²) < 4.78 is 4.69. The van der Waals surface area contributed by atoms with Gasteiger partial charge in [-0.25, -0.2) is 9.97 Å². The number of hydrogen-bond donors (Lipinski definition) is 1. The summed E-state index contributed by atoms with van der Waals surface area (Å²) in [6.45, 7) is 2.53. The SMILES string of the molecule is Cc1cc(NCc2cn3cc(Br)ccc3n2)n2ncnc2n1. The molecule has 4 heterocycles. The van der Waals surface area contributed by atoms with Gasteiger partial charge < -0.3 is 9.72 Å². The van der Waals surface area contributed by atoms with Crippen LogP contribution < -0.4 is 5.32 Å². The topological polar surface area (TPSA) is 72.4 Å². The first-order valence-electron chi connectivity index (χ1n) is 6.73. The zero-order valence-electron chi connectivity index (χ0n) is 11.7. The molecular formula is C14H12BrN7. The van der Waals surface area contributed by atoms with E-state index in [-0.39, 0.29) is 0 Å². The van der Waals surface area contributed by atoms with Crippen molar-refractivity contribution in [3.63, 3.8) is 0 Å². The number of pyridine rings is 1. The third kappa shape index (κ3) is 2.31. The van der Waals surface area contributed by atoms with Crippen LogP contribution in [0.1, 0.15) is 11.4 Å². The fourth-order valence-electron chi connectivity index (χ4n) is 2.34. The Bertz CT molecular complexity index is 972. The van der Waals surface area contributed by atoms with Crippen molar-refractivity contribution in [2.45, 2.75) is 13.5 Å². The largest absolute Gasteiger partial charge is 0.364 e. The maximum Gasteiger partial charge on any atom is 0.254 e. The number of aryl methyl sites for hydroxylation is 1. The van der Waals surface area contributed by atoms with Crippen molar-refractivity contribution in [2.24, 2.45) is 0 Å². The van der Waals surface area contributed by atoms with Crippen LogP contribution in [0.15, 0.2) is 41.4 Å². The Morgan fingerprint density at radius 2 is 2.14 bits per heavy atom. The second kappa shape index (κ2) is 5.06. The molecule has 0 aromatic carbocycles. The van der Waals surface area contributed by atoms with Gasteiger partial charge in [-0.05, 0) is 35.0 Å². The number of nitrogens with zero attached hydrogens (tertiary/aromatic N) is 6. The lowest BCUT2D eigenvalue weighted by molar-refractivity contribution is 0.911. The van der Waals surface area contributed by atoms with E-state index in [4.69, 9.17) is 0 Å². The molecule has 8 heteroatoms. The molecule has 110 valence electrons. The van der Waals surface area contributed by atoms with Crippen molar-refractivity contribution in [3.8, 4) is 0 Å². The summed E-state index contributed by atoms with van der Waals surface area (Å²) in [7, 11) is 0. The van der Waals surface area contributed by atoms with Crippen LogP contribution >= 0.6 is 15.9 Å². The van der Waals surface area contributed by atoms with E-state index >= 15 is 0 Å². The number of aromatic nitrogens is 6. The number of halogens is 1. The molecule has 1 N–H and O–H groups in total. The molecule has 0 spiro atoms. The molecule has 22 heavy (non-hydrogen) atoms. The van der Waals surface area contributed by atoms with Gasteiger partial charge in [-0.2, -0.15) is 14.6 Å². The Labute approximate surface area is 134 Å². The summed E-state index contributed by atoms with van der Waals surface area (Å²) in [6.07, 6.45) is 5.48. The van der Waals surface area contributed by atoms with E-state index in [1.807, 2.05) is 41.9 Å². The lowest BCUT2D eigenvalue weighted by atomic mass is 10.4. The van der Waals surface area contributed by atoms with E-state index in [9.17, 15) is 0 Å². The molecule has 0 aliphatic carbocycles. The number of nitrogens with one attached hydrogen (secondary N) is 1. The van der Waals surface area contributed by atoms with Crippen LogP contribution in [-0.4, -0.2) is 29.0 Å². The minimum atomic E-state index is 0.585. The Balaban J connectivity index is 1.63. The molecule has 4 rings (SSSR count). The van der Waals surface area contributed by atoms with Gasteiger partial charge in [0.05, 0.1) is 12.2 Å². The van der Waals surface area contributed by atoms with Crippen LogP contribution in [0.4, 0.5) is 5.82 Å². The van der Waals surface area contributed by atoms with Gasteiger partial charge in [-0.15, -0.1) is 0 Å². The second-order valence-corrected chi connectivity index (χ2v) is 5.87. The van der Waals surface area contributed by atoms with Crippen molar-refractivity contribution in [3.05, 3.63) is 52.8 Å². The molecule has 0 saturated carbocycles. The third-order valence-electron chi connectivity index (χ3n) is 3.30. The highest BCUT2D eigenvalue weighted by atomic mass is 79.9. The zero-order chi connectivity index (χ0) is 15.1. The molecule has 0 atom stereocenters. The maximum absolute atomic E-state index is 4.58. The fraction of sp³-hybridized carbons (Fsp3) is 0.143. The molecule has 0 amide bonds. The predicted octanol–water partition coefficient (Wildman–Crippen LogP) is 2.46. The van der Waals surface area contributed by atoms with E-state index in [2.05, 4.69) is 41.3 Å². The van der Waals surface area contributed by atoms with Crippen molar-refractivity contribution in [1.29, 1.82) is 0 Å². The van der Waals surface area contributed by atoms with Crippen LogP contribution in [0.3, 0.4) is 0 Å². The molecule has 7 nitrogen and oxygen atoms in total. The van der Waals surface area contributed by atoms with Crippen LogP contribution in [0.2, 0.25) is 0 Å². The number of hydrogen-bond acceptors (Lipinski definition) is 5.